The summed E-state index contributed by atoms with van der Waals surface area (Å²) in [6.45, 7) is 22.3. The van der Waals surface area contributed by atoms with E-state index >= 15 is 0 Å². The normalized spacial score (nSPS) is 27.0. The van der Waals surface area contributed by atoms with E-state index in [4.69, 9.17) is 23.5 Å². The maximum atomic E-state index is 13.7. The van der Waals surface area contributed by atoms with Crippen LogP contribution in [0.1, 0.15) is 53.3 Å². The van der Waals surface area contributed by atoms with E-state index in [9.17, 15) is 18.0 Å². The molecule has 0 radical (unpaired) electrons. The van der Waals surface area contributed by atoms with Gasteiger partial charge in [-0.25, -0.2) is 8.98 Å². The fourth-order valence-electron chi connectivity index (χ4n) is 4.44. The SMILES string of the molecule is Cc1cn(C2OC(CO[Si](C)(C)C(C)(C)C)C3(OS(=O)(=O)C=C3N)C2O[Si](C)(C)C(C)(C)C)c(=O)n(CCBr)c1=O. The molecule has 1 spiro atoms. The number of hydrogen-bond donors (Lipinski definition) is 1. The van der Waals surface area contributed by atoms with Crippen LogP contribution in [0.4, 0.5) is 0 Å². The molecule has 1 aromatic rings. The maximum absolute atomic E-state index is 13.7. The predicted octanol–water partition coefficient (Wildman–Crippen LogP) is 3.92. The monoisotopic (exact) mass is 695 g/mol. The van der Waals surface area contributed by atoms with Crippen molar-refractivity contribution in [3.8, 4) is 0 Å². The van der Waals surface area contributed by atoms with Crippen LogP contribution in [0.3, 0.4) is 0 Å². The molecular weight excluding hydrogens is 650 g/mol. The van der Waals surface area contributed by atoms with Crippen molar-refractivity contribution in [3.63, 3.8) is 0 Å². The molecule has 41 heavy (non-hydrogen) atoms. The molecule has 1 aromatic heterocycles. The first-order valence-corrected chi connectivity index (χ1v) is 22.1. The van der Waals surface area contributed by atoms with E-state index in [2.05, 4.69) is 49.8 Å². The number of aryl methyl sites for hydroxylation is 1. The van der Waals surface area contributed by atoms with Crippen LogP contribution >= 0.6 is 15.9 Å². The van der Waals surface area contributed by atoms with Crippen LogP contribution in [0.15, 0.2) is 26.9 Å². The first kappa shape index (κ1) is 34.4. The first-order valence-electron chi connectivity index (χ1n) is 13.7. The van der Waals surface area contributed by atoms with Crippen molar-refractivity contribution in [1.29, 1.82) is 0 Å². The number of rotatable bonds is 8. The Balaban J connectivity index is 2.30. The topological polar surface area (TPSA) is 141 Å². The highest BCUT2D eigenvalue weighted by atomic mass is 79.9. The smallest absolute Gasteiger partial charge is 0.333 e. The third-order valence-corrected chi connectivity index (χ3v) is 19.4. The van der Waals surface area contributed by atoms with E-state index in [1.165, 1.54) is 10.8 Å². The van der Waals surface area contributed by atoms with Crippen LogP contribution in [0, 0.1) is 6.92 Å². The fourth-order valence-corrected chi connectivity index (χ4v) is 8.30. The van der Waals surface area contributed by atoms with E-state index in [0.717, 1.165) is 9.98 Å². The van der Waals surface area contributed by atoms with Gasteiger partial charge in [0.1, 0.15) is 12.2 Å². The zero-order valence-corrected chi connectivity index (χ0v) is 30.4. The van der Waals surface area contributed by atoms with Gasteiger partial charge in [-0.05, 0) is 43.2 Å². The summed E-state index contributed by atoms with van der Waals surface area (Å²) in [6.07, 6.45) is -1.91. The average Bonchev–Trinajstić information content (AvgIpc) is 3.22. The van der Waals surface area contributed by atoms with E-state index in [1.54, 1.807) is 6.92 Å². The van der Waals surface area contributed by atoms with Crippen molar-refractivity contribution >= 4 is 42.7 Å². The minimum Gasteiger partial charge on any atom is -0.414 e. The molecule has 0 bridgehead atoms. The highest BCUT2D eigenvalue weighted by Crippen LogP contribution is 2.52. The van der Waals surface area contributed by atoms with Crippen molar-refractivity contribution in [3.05, 3.63) is 43.7 Å². The molecule has 2 aliphatic heterocycles. The molecule has 4 atom stereocenters. The van der Waals surface area contributed by atoms with Crippen LogP contribution in [0.25, 0.3) is 0 Å². The van der Waals surface area contributed by atoms with Gasteiger partial charge < -0.3 is 19.3 Å². The first-order chi connectivity index (χ1) is 18.4. The zero-order chi connectivity index (χ0) is 31.6. The predicted molar refractivity (Wildman–Crippen MR) is 168 cm³/mol. The highest BCUT2D eigenvalue weighted by molar-refractivity contribution is 9.09. The van der Waals surface area contributed by atoms with Crippen molar-refractivity contribution < 1.29 is 26.2 Å². The van der Waals surface area contributed by atoms with Gasteiger partial charge in [0.05, 0.1) is 17.7 Å². The molecule has 0 saturated carbocycles. The molecule has 0 aromatic carbocycles. The highest BCUT2D eigenvalue weighted by Gasteiger charge is 2.67. The average molecular weight is 697 g/mol. The van der Waals surface area contributed by atoms with Crippen LogP contribution in [0.2, 0.25) is 36.3 Å². The van der Waals surface area contributed by atoms with Gasteiger partial charge in [-0.15, -0.1) is 0 Å². The molecule has 0 aliphatic carbocycles. The summed E-state index contributed by atoms with van der Waals surface area (Å²) in [5.74, 6) is 0. The summed E-state index contributed by atoms with van der Waals surface area (Å²) in [4.78, 5) is 26.6. The van der Waals surface area contributed by atoms with Gasteiger partial charge in [0.15, 0.2) is 28.5 Å². The van der Waals surface area contributed by atoms with E-state index in [-0.39, 0.29) is 28.9 Å². The Kier molecular flexibility index (Phi) is 9.34. The Morgan fingerprint density at radius 2 is 1.63 bits per heavy atom. The Bertz CT molecular complexity index is 1430. The summed E-state index contributed by atoms with van der Waals surface area (Å²) in [7, 11) is -9.20. The molecule has 2 N–H and O–H groups in total. The molecule has 2 aliphatic rings. The lowest BCUT2D eigenvalue weighted by molar-refractivity contribution is -0.0567. The van der Waals surface area contributed by atoms with E-state index < -0.39 is 62.0 Å². The molecule has 3 heterocycles. The minimum atomic E-state index is -4.20. The minimum absolute atomic E-state index is 0.0385. The third-order valence-electron chi connectivity index (χ3n) is 9.02. The number of nitrogens with zero attached hydrogens (tertiary/aromatic N) is 2. The second-order valence-corrected chi connectivity index (χ2v) is 25.7. The second kappa shape index (κ2) is 11.1. The summed E-state index contributed by atoms with van der Waals surface area (Å²) in [5.41, 5.74) is 3.94. The molecule has 234 valence electrons. The summed E-state index contributed by atoms with van der Waals surface area (Å²) in [6, 6.07) is 0. The second-order valence-electron chi connectivity index (χ2n) is 14.0. The number of aromatic nitrogens is 2. The maximum Gasteiger partial charge on any atom is 0.333 e. The number of hydrogen-bond acceptors (Lipinski definition) is 9. The van der Waals surface area contributed by atoms with Crippen molar-refractivity contribution in [2.75, 3.05) is 11.9 Å². The Morgan fingerprint density at radius 3 is 2.10 bits per heavy atom. The van der Waals surface area contributed by atoms with Crippen LogP contribution < -0.4 is 17.0 Å². The number of nitrogens with two attached hydrogens (primary N) is 1. The lowest BCUT2D eigenvalue weighted by Crippen LogP contribution is -2.59. The zero-order valence-electron chi connectivity index (χ0n) is 26.0. The Labute approximate surface area is 253 Å². The number of ether oxygens (including phenoxy) is 1. The molecule has 15 heteroatoms. The van der Waals surface area contributed by atoms with Crippen molar-refractivity contribution in [2.45, 2.75) is 115 Å². The summed E-state index contributed by atoms with van der Waals surface area (Å²) < 4.78 is 54.1. The fraction of sp³-hybridized carbons (Fsp3) is 0.769. The molecule has 4 unspecified atom stereocenters. The van der Waals surface area contributed by atoms with Crippen molar-refractivity contribution in [1.82, 2.24) is 9.13 Å². The Hall–Kier alpha value is -1.08. The standard InChI is InChI=1S/C26H46BrN3O8SSi2/c1-17-14-30(23(32)29(13-12-27)21(17)31)22-20(37-41(10,11)25(5,6)7)26(18(28)16-39(33,34)38-26)19(36-22)15-35-40(8,9)24(2,3)4/h14,16,19-20,22H,12-13,15,28H2,1-11H3. The van der Waals surface area contributed by atoms with Crippen LogP contribution in [0.5, 0.6) is 0 Å². The lowest BCUT2D eigenvalue weighted by atomic mass is 9.89. The van der Waals surface area contributed by atoms with Gasteiger partial charge in [-0.2, -0.15) is 8.42 Å². The van der Waals surface area contributed by atoms with Crippen LogP contribution in [-0.4, -0.2) is 63.9 Å². The molecule has 3 rings (SSSR count). The molecule has 1 saturated heterocycles. The molecule has 0 amide bonds. The number of alkyl halides is 1. The van der Waals surface area contributed by atoms with E-state index in [0.29, 0.717) is 10.9 Å². The molecular formula is C26H46BrN3O8SSi2. The van der Waals surface area contributed by atoms with Gasteiger partial charge >= 0.3 is 5.69 Å². The van der Waals surface area contributed by atoms with Gasteiger partial charge in [0, 0.05) is 23.6 Å². The molecule has 1 fully saturated rings. The van der Waals surface area contributed by atoms with Gasteiger partial charge in [-0.3, -0.25) is 13.9 Å². The molecule has 11 nitrogen and oxygen atoms in total. The quantitative estimate of drug-likeness (QED) is 0.243. The lowest BCUT2D eigenvalue weighted by Gasteiger charge is -2.43. The van der Waals surface area contributed by atoms with Crippen LogP contribution in [-0.2, 0) is 34.4 Å². The summed E-state index contributed by atoms with van der Waals surface area (Å²) in [5, 5.41) is 0.837. The summed E-state index contributed by atoms with van der Waals surface area (Å²) >= 11 is 3.31. The van der Waals surface area contributed by atoms with E-state index in [1.807, 2.05) is 33.9 Å². The largest absolute Gasteiger partial charge is 0.414 e. The Morgan fingerprint density at radius 1 is 1.07 bits per heavy atom. The van der Waals surface area contributed by atoms with Gasteiger partial charge in [0.2, 0.25) is 0 Å². The van der Waals surface area contributed by atoms with Crippen molar-refractivity contribution in [2.24, 2.45) is 5.73 Å². The third kappa shape index (κ3) is 6.28. The van der Waals surface area contributed by atoms with Gasteiger partial charge in [0.25, 0.3) is 15.7 Å². The van der Waals surface area contributed by atoms with Gasteiger partial charge in [-0.1, -0.05) is 57.5 Å². The number of halogens is 1.